The molecule has 0 saturated carbocycles. The van der Waals surface area contributed by atoms with Crippen LogP contribution in [0.5, 0.6) is 0 Å². The van der Waals surface area contributed by atoms with E-state index < -0.39 is 0 Å². The topological polar surface area (TPSA) is 42.1 Å². The molecule has 0 aliphatic rings. The van der Waals surface area contributed by atoms with Gasteiger partial charge < -0.3 is 10.6 Å². The van der Waals surface area contributed by atoms with Gasteiger partial charge in [-0.25, -0.2) is 0 Å². The Bertz CT molecular complexity index is 287. The van der Waals surface area contributed by atoms with Crippen LogP contribution in [0.1, 0.15) is 25.5 Å². The second kappa shape index (κ2) is 8.20. The molecule has 1 aromatic heterocycles. The second-order valence-electron chi connectivity index (χ2n) is 4.87. The lowest BCUT2D eigenvalue weighted by Crippen LogP contribution is -2.27. The molecule has 96 valence electrons. The minimum atomic E-state index is 0.729. The summed E-state index contributed by atoms with van der Waals surface area (Å²) in [6.45, 7) is 5.33. The van der Waals surface area contributed by atoms with Crippen LogP contribution in [0.2, 0.25) is 0 Å². The Morgan fingerprint density at radius 3 is 2.88 bits per heavy atom. The highest BCUT2D eigenvalue weighted by Gasteiger charge is 2.06. The predicted octanol–water partition coefficient (Wildman–Crippen LogP) is 1.93. The van der Waals surface area contributed by atoms with Crippen molar-refractivity contribution in [2.45, 2.75) is 26.2 Å². The quantitative estimate of drug-likeness (QED) is 0.748. The molecule has 1 aromatic rings. The molecular weight excluding hydrogens is 210 g/mol. The SMILES string of the molecule is CC(CCCN)CN(C)CCc1ccccn1. The Morgan fingerprint density at radius 1 is 1.41 bits per heavy atom. The summed E-state index contributed by atoms with van der Waals surface area (Å²) in [6, 6.07) is 6.10. The standard InChI is InChI=1S/C14H25N3/c1-13(6-5-9-15)12-17(2)11-8-14-7-3-4-10-16-14/h3-4,7,10,13H,5-6,8-9,11-12,15H2,1-2H3. The number of hydrogen-bond donors (Lipinski definition) is 1. The molecule has 1 atom stereocenters. The number of nitrogens with zero attached hydrogens (tertiary/aromatic N) is 2. The third kappa shape index (κ3) is 6.39. The van der Waals surface area contributed by atoms with E-state index in [0.717, 1.165) is 38.4 Å². The number of aromatic nitrogens is 1. The van der Waals surface area contributed by atoms with E-state index in [4.69, 9.17) is 5.73 Å². The molecule has 0 radical (unpaired) electrons. The fourth-order valence-corrected chi connectivity index (χ4v) is 2.03. The lowest BCUT2D eigenvalue weighted by molar-refractivity contribution is 0.278. The van der Waals surface area contributed by atoms with E-state index in [-0.39, 0.29) is 0 Å². The first-order chi connectivity index (χ1) is 8.22. The van der Waals surface area contributed by atoms with Gasteiger partial charge in [-0.1, -0.05) is 13.0 Å². The van der Waals surface area contributed by atoms with Gasteiger partial charge in [0.25, 0.3) is 0 Å². The monoisotopic (exact) mass is 235 g/mol. The summed E-state index contributed by atoms with van der Waals surface area (Å²) in [6.07, 6.45) is 5.25. The molecular formula is C14H25N3. The molecule has 2 N–H and O–H groups in total. The highest BCUT2D eigenvalue weighted by atomic mass is 15.1. The highest BCUT2D eigenvalue weighted by Crippen LogP contribution is 2.06. The van der Waals surface area contributed by atoms with Crippen LogP contribution in [0.25, 0.3) is 0 Å². The number of hydrogen-bond acceptors (Lipinski definition) is 3. The number of pyridine rings is 1. The van der Waals surface area contributed by atoms with E-state index >= 15 is 0 Å². The van der Waals surface area contributed by atoms with Crippen LogP contribution in [-0.2, 0) is 6.42 Å². The van der Waals surface area contributed by atoms with Gasteiger partial charge in [0.05, 0.1) is 0 Å². The van der Waals surface area contributed by atoms with Crippen molar-refractivity contribution in [1.82, 2.24) is 9.88 Å². The molecule has 0 saturated heterocycles. The fraction of sp³-hybridized carbons (Fsp3) is 0.643. The molecule has 0 spiro atoms. The van der Waals surface area contributed by atoms with Crippen LogP contribution in [0.4, 0.5) is 0 Å². The predicted molar refractivity (Wildman–Crippen MR) is 72.9 cm³/mol. The van der Waals surface area contributed by atoms with E-state index in [2.05, 4.69) is 29.9 Å². The maximum atomic E-state index is 5.52. The zero-order chi connectivity index (χ0) is 12.5. The largest absolute Gasteiger partial charge is 0.330 e. The van der Waals surface area contributed by atoms with Crippen LogP contribution in [0.3, 0.4) is 0 Å². The van der Waals surface area contributed by atoms with Gasteiger partial charge in [-0.05, 0) is 44.5 Å². The fourth-order valence-electron chi connectivity index (χ4n) is 2.03. The number of nitrogens with two attached hydrogens (primary N) is 1. The van der Waals surface area contributed by atoms with Crippen LogP contribution in [-0.4, -0.2) is 36.6 Å². The molecule has 3 heteroatoms. The van der Waals surface area contributed by atoms with Crippen molar-refractivity contribution >= 4 is 0 Å². The van der Waals surface area contributed by atoms with Crippen molar-refractivity contribution < 1.29 is 0 Å². The van der Waals surface area contributed by atoms with Crippen LogP contribution in [0.15, 0.2) is 24.4 Å². The molecule has 0 bridgehead atoms. The first-order valence-electron chi connectivity index (χ1n) is 6.51. The molecule has 0 aliphatic heterocycles. The summed E-state index contributed by atoms with van der Waals surface area (Å²) >= 11 is 0. The maximum Gasteiger partial charge on any atom is 0.0416 e. The van der Waals surface area contributed by atoms with Crippen LogP contribution < -0.4 is 5.73 Å². The zero-order valence-corrected chi connectivity index (χ0v) is 11.1. The van der Waals surface area contributed by atoms with Crippen molar-refractivity contribution in [3.63, 3.8) is 0 Å². The Balaban J connectivity index is 2.19. The van der Waals surface area contributed by atoms with Gasteiger partial charge in [-0.3, -0.25) is 4.98 Å². The van der Waals surface area contributed by atoms with Crippen molar-refractivity contribution in [2.24, 2.45) is 11.7 Å². The van der Waals surface area contributed by atoms with Gasteiger partial charge in [0.1, 0.15) is 0 Å². The van der Waals surface area contributed by atoms with E-state index in [9.17, 15) is 0 Å². The van der Waals surface area contributed by atoms with Gasteiger partial charge in [0.15, 0.2) is 0 Å². The summed E-state index contributed by atoms with van der Waals surface area (Å²) in [5.41, 5.74) is 6.70. The van der Waals surface area contributed by atoms with Crippen LogP contribution >= 0.6 is 0 Å². The normalized spacial score (nSPS) is 12.9. The van der Waals surface area contributed by atoms with E-state index in [1.165, 1.54) is 12.1 Å². The van der Waals surface area contributed by atoms with Crippen molar-refractivity contribution in [3.8, 4) is 0 Å². The van der Waals surface area contributed by atoms with Gasteiger partial charge in [0, 0.05) is 31.4 Å². The molecule has 3 nitrogen and oxygen atoms in total. The van der Waals surface area contributed by atoms with Crippen LogP contribution in [0, 0.1) is 5.92 Å². The molecule has 1 unspecified atom stereocenters. The molecule has 1 heterocycles. The summed E-state index contributed by atoms with van der Waals surface area (Å²) in [5, 5.41) is 0. The maximum absolute atomic E-state index is 5.52. The molecule has 0 amide bonds. The summed E-state index contributed by atoms with van der Waals surface area (Å²) in [5.74, 6) is 0.729. The number of rotatable bonds is 8. The minimum absolute atomic E-state index is 0.729. The Labute approximate surface area is 105 Å². The molecule has 0 aliphatic carbocycles. The van der Waals surface area contributed by atoms with Crippen molar-refractivity contribution in [3.05, 3.63) is 30.1 Å². The third-order valence-corrected chi connectivity index (χ3v) is 3.00. The molecule has 17 heavy (non-hydrogen) atoms. The van der Waals surface area contributed by atoms with E-state index in [1.54, 1.807) is 0 Å². The number of likely N-dealkylation sites (N-methyl/N-ethyl adjacent to an activating group) is 1. The summed E-state index contributed by atoms with van der Waals surface area (Å²) < 4.78 is 0. The Morgan fingerprint density at radius 2 is 2.24 bits per heavy atom. The first kappa shape index (κ1) is 14.1. The molecule has 1 rings (SSSR count). The molecule has 0 fully saturated rings. The third-order valence-electron chi connectivity index (χ3n) is 3.00. The lowest BCUT2D eigenvalue weighted by atomic mass is 10.1. The average molecular weight is 235 g/mol. The van der Waals surface area contributed by atoms with Gasteiger partial charge >= 0.3 is 0 Å². The van der Waals surface area contributed by atoms with Crippen molar-refractivity contribution in [2.75, 3.05) is 26.7 Å². The Kier molecular flexibility index (Phi) is 6.82. The zero-order valence-electron chi connectivity index (χ0n) is 11.1. The van der Waals surface area contributed by atoms with E-state index in [1.807, 2.05) is 18.3 Å². The summed E-state index contributed by atoms with van der Waals surface area (Å²) in [4.78, 5) is 6.72. The van der Waals surface area contributed by atoms with Gasteiger partial charge in [-0.15, -0.1) is 0 Å². The van der Waals surface area contributed by atoms with Gasteiger partial charge in [0.2, 0.25) is 0 Å². The smallest absolute Gasteiger partial charge is 0.0416 e. The van der Waals surface area contributed by atoms with Crippen molar-refractivity contribution in [1.29, 1.82) is 0 Å². The Hall–Kier alpha value is -0.930. The first-order valence-corrected chi connectivity index (χ1v) is 6.51. The van der Waals surface area contributed by atoms with Gasteiger partial charge in [-0.2, -0.15) is 0 Å². The summed E-state index contributed by atoms with van der Waals surface area (Å²) in [7, 11) is 2.18. The average Bonchev–Trinajstić information content (AvgIpc) is 2.35. The second-order valence-corrected chi connectivity index (χ2v) is 4.87. The highest BCUT2D eigenvalue weighted by molar-refractivity contribution is 5.03. The minimum Gasteiger partial charge on any atom is -0.330 e. The molecule has 0 aromatic carbocycles. The lowest BCUT2D eigenvalue weighted by Gasteiger charge is -2.20. The van der Waals surface area contributed by atoms with E-state index in [0.29, 0.717) is 0 Å².